The minimum absolute atomic E-state index is 0.368. The number of aliphatic hydroxyl groups is 1. The van der Waals surface area contributed by atoms with E-state index in [-0.39, 0.29) is 0 Å². The summed E-state index contributed by atoms with van der Waals surface area (Å²) >= 11 is 0. The molecule has 1 heterocycles. The minimum atomic E-state index is -0.564. The summed E-state index contributed by atoms with van der Waals surface area (Å²) in [6.45, 7) is 7.85. The lowest BCUT2D eigenvalue weighted by atomic mass is 10.3. The monoisotopic (exact) mass is 238 g/mol. The van der Waals surface area contributed by atoms with Crippen molar-refractivity contribution in [1.82, 2.24) is 10.2 Å². The predicted molar refractivity (Wildman–Crippen MR) is 71.2 cm³/mol. The molecule has 0 fully saturated rings. The molecule has 0 radical (unpaired) electrons. The van der Waals surface area contributed by atoms with Crippen LogP contribution in [0.15, 0.2) is 21.8 Å². The fourth-order valence-electron chi connectivity index (χ4n) is 1.48. The van der Waals surface area contributed by atoms with Crippen LogP contribution in [0.5, 0.6) is 0 Å². The molecule has 0 saturated carbocycles. The van der Waals surface area contributed by atoms with Crippen molar-refractivity contribution in [3.05, 3.63) is 11.8 Å². The second-order valence-electron chi connectivity index (χ2n) is 4.15. The van der Waals surface area contributed by atoms with E-state index in [0.717, 1.165) is 24.4 Å². The van der Waals surface area contributed by atoms with Gasteiger partial charge >= 0.3 is 0 Å². The van der Waals surface area contributed by atoms with E-state index in [1.54, 1.807) is 6.34 Å². The topological polar surface area (TPSA) is 60.2 Å². The smallest absolute Gasteiger partial charge is 0.124 e. The lowest BCUT2D eigenvalue weighted by molar-refractivity contribution is 0.146. The van der Waals surface area contributed by atoms with Gasteiger partial charge in [0, 0.05) is 11.4 Å². The summed E-state index contributed by atoms with van der Waals surface area (Å²) in [5, 5.41) is 12.5. The first-order valence-electron chi connectivity index (χ1n) is 6.01. The Hall–Kier alpha value is -1.20. The molecular formula is C12H22N4O. The highest BCUT2D eigenvalue weighted by Gasteiger charge is 2.07. The molecule has 5 nitrogen and oxygen atoms in total. The largest absolute Gasteiger partial charge is 0.377 e. The van der Waals surface area contributed by atoms with Gasteiger partial charge in [-0.3, -0.25) is 15.3 Å². The molecule has 5 heteroatoms. The predicted octanol–water partition coefficient (Wildman–Crippen LogP) is 0.971. The Labute approximate surface area is 103 Å². The van der Waals surface area contributed by atoms with Crippen molar-refractivity contribution in [3.8, 4) is 0 Å². The van der Waals surface area contributed by atoms with E-state index in [1.165, 1.54) is 0 Å². The van der Waals surface area contributed by atoms with Crippen LogP contribution in [0.25, 0.3) is 0 Å². The Bertz CT molecular complexity index is 322. The van der Waals surface area contributed by atoms with E-state index in [1.807, 2.05) is 24.8 Å². The summed E-state index contributed by atoms with van der Waals surface area (Å²) < 4.78 is 0. The van der Waals surface area contributed by atoms with Gasteiger partial charge in [0.05, 0.1) is 12.9 Å². The fraction of sp³-hybridized carbons (Fsp3) is 0.667. The van der Waals surface area contributed by atoms with Crippen molar-refractivity contribution in [2.24, 2.45) is 9.98 Å². The van der Waals surface area contributed by atoms with E-state index >= 15 is 0 Å². The van der Waals surface area contributed by atoms with Crippen molar-refractivity contribution >= 4 is 12.1 Å². The average Bonchev–Trinajstić information content (AvgIpc) is 2.29. The number of nitrogens with zero attached hydrogens (tertiary/aromatic N) is 3. The summed E-state index contributed by atoms with van der Waals surface area (Å²) in [5.41, 5.74) is 2.16. The lowest BCUT2D eigenvalue weighted by Crippen LogP contribution is -2.32. The lowest BCUT2D eigenvalue weighted by Gasteiger charge is -2.22. The van der Waals surface area contributed by atoms with Crippen LogP contribution in [-0.2, 0) is 0 Å². The van der Waals surface area contributed by atoms with Crippen molar-refractivity contribution in [3.63, 3.8) is 0 Å². The van der Waals surface area contributed by atoms with Gasteiger partial charge in [-0.2, -0.15) is 0 Å². The van der Waals surface area contributed by atoms with Crippen molar-refractivity contribution in [2.45, 2.75) is 33.4 Å². The standard InChI is InChI=1S/C12H22N4O/c1-4-5-14-12(17)7-13-8-16-9-15-10(2)6-11(16)3/h6,8,12,14,17H,4-5,7,9H2,1-3H3. The molecule has 1 atom stereocenters. The van der Waals surface area contributed by atoms with E-state index in [4.69, 9.17) is 0 Å². The number of nitrogens with one attached hydrogen (secondary N) is 1. The van der Waals surface area contributed by atoms with Gasteiger partial charge < -0.3 is 10.0 Å². The molecule has 0 amide bonds. The molecule has 1 aliphatic rings. The van der Waals surface area contributed by atoms with Crippen LogP contribution in [-0.4, -0.2) is 48.0 Å². The van der Waals surface area contributed by atoms with E-state index in [2.05, 4.69) is 22.2 Å². The van der Waals surface area contributed by atoms with Crippen LogP contribution < -0.4 is 5.32 Å². The summed E-state index contributed by atoms with van der Waals surface area (Å²) in [7, 11) is 0. The van der Waals surface area contributed by atoms with Gasteiger partial charge in [-0.05, 0) is 32.9 Å². The van der Waals surface area contributed by atoms with Crippen molar-refractivity contribution in [1.29, 1.82) is 0 Å². The third-order valence-corrected chi connectivity index (χ3v) is 2.47. The van der Waals surface area contributed by atoms with Crippen LogP contribution in [0, 0.1) is 0 Å². The first-order chi connectivity index (χ1) is 8.13. The zero-order chi connectivity index (χ0) is 12.7. The Kier molecular flexibility index (Phi) is 5.86. The minimum Gasteiger partial charge on any atom is -0.377 e. The zero-order valence-electron chi connectivity index (χ0n) is 10.8. The second kappa shape index (κ2) is 7.19. The molecule has 0 aromatic carbocycles. The Morgan fingerprint density at radius 2 is 2.41 bits per heavy atom. The maximum atomic E-state index is 9.53. The molecule has 0 spiro atoms. The number of hydrogen-bond acceptors (Lipinski definition) is 4. The van der Waals surface area contributed by atoms with Gasteiger partial charge in [0.2, 0.25) is 0 Å². The second-order valence-corrected chi connectivity index (χ2v) is 4.15. The number of aliphatic hydroxyl groups excluding tert-OH is 1. The van der Waals surface area contributed by atoms with Crippen LogP contribution in [0.4, 0.5) is 0 Å². The molecule has 0 aromatic rings. The first kappa shape index (κ1) is 13.9. The molecule has 0 bridgehead atoms. The molecule has 96 valence electrons. The summed E-state index contributed by atoms with van der Waals surface area (Å²) in [4.78, 5) is 10.5. The Balaban J connectivity index is 2.32. The number of allylic oxidation sites excluding steroid dienone is 2. The van der Waals surface area contributed by atoms with Crippen LogP contribution >= 0.6 is 0 Å². The van der Waals surface area contributed by atoms with E-state index < -0.39 is 6.23 Å². The number of rotatable bonds is 6. The highest BCUT2D eigenvalue weighted by Crippen LogP contribution is 2.06. The summed E-state index contributed by atoms with van der Waals surface area (Å²) in [6, 6.07) is 0. The molecule has 0 aromatic heterocycles. The SMILES string of the molecule is CCCNC(O)CN=CN1CN=C(C)C=C1C. The Morgan fingerprint density at radius 3 is 3.06 bits per heavy atom. The highest BCUT2D eigenvalue weighted by atomic mass is 16.3. The van der Waals surface area contributed by atoms with Gasteiger partial charge in [-0.25, -0.2) is 0 Å². The maximum Gasteiger partial charge on any atom is 0.124 e. The molecule has 1 aliphatic heterocycles. The normalized spacial score (nSPS) is 18.2. The van der Waals surface area contributed by atoms with E-state index in [0.29, 0.717) is 13.2 Å². The third-order valence-electron chi connectivity index (χ3n) is 2.47. The molecule has 17 heavy (non-hydrogen) atoms. The quantitative estimate of drug-likeness (QED) is 0.412. The highest BCUT2D eigenvalue weighted by molar-refractivity contribution is 5.94. The molecule has 0 saturated heterocycles. The molecular weight excluding hydrogens is 216 g/mol. The van der Waals surface area contributed by atoms with Gasteiger partial charge in [0.15, 0.2) is 0 Å². The molecule has 2 N–H and O–H groups in total. The van der Waals surface area contributed by atoms with E-state index in [9.17, 15) is 5.11 Å². The maximum absolute atomic E-state index is 9.53. The Morgan fingerprint density at radius 1 is 1.65 bits per heavy atom. The third kappa shape index (κ3) is 5.10. The van der Waals surface area contributed by atoms with Gasteiger partial charge in [-0.15, -0.1) is 0 Å². The number of aliphatic imine (C=N–C) groups is 2. The first-order valence-corrected chi connectivity index (χ1v) is 6.01. The van der Waals surface area contributed by atoms with Gasteiger partial charge in [0.1, 0.15) is 12.9 Å². The molecule has 0 aliphatic carbocycles. The zero-order valence-corrected chi connectivity index (χ0v) is 10.8. The summed E-state index contributed by atoms with van der Waals surface area (Å²) in [6.07, 6.45) is 4.19. The average molecular weight is 238 g/mol. The van der Waals surface area contributed by atoms with Crippen LogP contribution in [0.3, 0.4) is 0 Å². The van der Waals surface area contributed by atoms with Crippen molar-refractivity contribution in [2.75, 3.05) is 19.8 Å². The van der Waals surface area contributed by atoms with Crippen molar-refractivity contribution < 1.29 is 5.11 Å². The van der Waals surface area contributed by atoms with Gasteiger partial charge in [0.25, 0.3) is 0 Å². The molecule has 1 unspecified atom stereocenters. The molecule has 1 rings (SSSR count). The summed E-state index contributed by atoms with van der Waals surface area (Å²) in [5.74, 6) is 0. The van der Waals surface area contributed by atoms with Crippen LogP contribution in [0.2, 0.25) is 0 Å². The van der Waals surface area contributed by atoms with Crippen LogP contribution in [0.1, 0.15) is 27.2 Å². The fourth-order valence-corrected chi connectivity index (χ4v) is 1.48. The van der Waals surface area contributed by atoms with Gasteiger partial charge in [-0.1, -0.05) is 6.92 Å². The number of hydrogen-bond donors (Lipinski definition) is 2.